The molecular formula is C27H42N4O5. The van der Waals surface area contributed by atoms with Crippen molar-refractivity contribution < 1.29 is 24.2 Å². The molecular weight excluding hydrogens is 460 g/mol. The highest BCUT2D eigenvalue weighted by atomic mass is 16.5. The SMILES string of the molecule is C[C@@H]1CN([C@H](C)CO)C(=O)c2cc(NC(=O)CCN3CCOCC3)ccc2O[C@@H]1CN(C)CC1CC1. The Bertz CT molecular complexity index is 902. The van der Waals surface area contributed by atoms with Gasteiger partial charge in [-0.05, 0) is 50.9 Å². The van der Waals surface area contributed by atoms with Gasteiger partial charge in [-0.25, -0.2) is 0 Å². The Morgan fingerprint density at radius 1 is 1.25 bits per heavy atom. The number of morpholine rings is 1. The monoisotopic (exact) mass is 502 g/mol. The molecule has 2 fully saturated rings. The van der Waals surface area contributed by atoms with Gasteiger partial charge in [0.1, 0.15) is 11.9 Å². The van der Waals surface area contributed by atoms with Gasteiger partial charge < -0.3 is 29.7 Å². The van der Waals surface area contributed by atoms with Gasteiger partial charge in [-0.1, -0.05) is 6.92 Å². The van der Waals surface area contributed by atoms with E-state index in [2.05, 4.69) is 29.1 Å². The van der Waals surface area contributed by atoms with Crippen molar-refractivity contribution in [2.45, 2.75) is 45.3 Å². The summed E-state index contributed by atoms with van der Waals surface area (Å²) in [7, 11) is 2.13. The molecule has 2 heterocycles. The molecule has 4 rings (SSSR count). The fraction of sp³-hybridized carbons (Fsp3) is 0.704. The summed E-state index contributed by atoms with van der Waals surface area (Å²) in [4.78, 5) is 32.5. The number of benzene rings is 1. The molecule has 2 aliphatic heterocycles. The number of carbonyl (C=O) groups excluding carboxylic acids is 2. The number of nitrogens with one attached hydrogen (secondary N) is 1. The van der Waals surface area contributed by atoms with Crippen molar-refractivity contribution in [3.63, 3.8) is 0 Å². The molecule has 2 N–H and O–H groups in total. The second-order valence-electron chi connectivity index (χ2n) is 10.8. The van der Waals surface area contributed by atoms with Crippen molar-refractivity contribution in [1.82, 2.24) is 14.7 Å². The quantitative estimate of drug-likeness (QED) is 0.505. The van der Waals surface area contributed by atoms with E-state index in [4.69, 9.17) is 9.47 Å². The number of likely N-dealkylation sites (N-methyl/N-ethyl adjacent to an activating group) is 1. The van der Waals surface area contributed by atoms with Gasteiger partial charge in [-0.3, -0.25) is 14.5 Å². The van der Waals surface area contributed by atoms with Gasteiger partial charge in [-0.2, -0.15) is 0 Å². The predicted octanol–water partition coefficient (Wildman–Crippen LogP) is 1.91. The molecule has 0 spiro atoms. The topological polar surface area (TPSA) is 94.6 Å². The first-order chi connectivity index (χ1) is 17.3. The molecule has 36 heavy (non-hydrogen) atoms. The maximum absolute atomic E-state index is 13.6. The number of ether oxygens (including phenoxy) is 2. The standard InChI is InChI=1S/C27H42N4O5/c1-19-15-31(20(2)18-32)27(34)23-14-22(28-26(33)8-9-30-10-12-35-13-11-30)6-7-24(23)36-25(19)17-29(3)16-21-4-5-21/h6-7,14,19-21,25,32H,4-5,8-13,15-18H2,1-3H3,(H,28,33)/t19-,20-,25-/m1/s1. The summed E-state index contributed by atoms with van der Waals surface area (Å²) < 4.78 is 11.8. The lowest BCUT2D eigenvalue weighted by Crippen LogP contribution is -2.50. The molecule has 2 amide bonds. The average Bonchev–Trinajstić information content (AvgIpc) is 3.69. The minimum Gasteiger partial charge on any atom is -0.488 e. The van der Waals surface area contributed by atoms with Crippen LogP contribution < -0.4 is 10.1 Å². The zero-order valence-electron chi connectivity index (χ0n) is 21.9. The van der Waals surface area contributed by atoms with Crippen molar-refractivity contribution in [3.8, 4) is 5.75 Å². The van der Waals surface area contributed by atoms with E-state index in [1.165, 1.54) is 12.8 Å². The summed E-state index contributed by atoms with van der Waals surface area (Å²) in [6, 6.07) is 4.99. The number of hydrogen-bond donors (Lipinski definition) is 2. The van der Waals surface area contributed by atoms with E-state index < -0.39 is 0 Å². The zero-order valence-corrected chi connectivity index (χ0v) is 21.9. The van der Waals surface area contributed by atoms with E-state index in [0.717, 1.165) is 32.1 Å². The minimum absolute atomic E-state index is 0.0885. The van der Waals surface area contributed by atoms with E-state index >= 15 is 0 Å². The van der Waals surface area contributed by atoms with Crippen LogP contribution in [0.3, 0.4) is 0 Å². The maximum atomic E-state index is 13.6. The van der Waals surface area contributed by atoms with Gasteiger partial charge in [0, 0.05) is 57.3 Å². The Kier molecular flexibility index (Phi) is 9.22. The molecule has 1 aromatic carbocycles. The molecule has 3 aliphatic rings. The van der Waals surface area contributed by atoms with Crippen LogP contribution in [0.15, 0.2) is 18.2 Å². The number of nitrogens with zero attached hydrogens (tertiary/aromatic N) is 3. The summed E-state index contributed by atoms with van der Waals surface area (Å²) in [5.41, 5.74) is 0.994. The van der Waals surface area contributed by atoms with Gasteiger partial charge in [-0.15, -0.1) is 0 Å². The van der Waals surface area contributed by atoms with Gasteiger partial charge in [0.2, 0.25) is 5.91 Å². The lowest BCUT2D eigenvalue weighted by atomic mass is 9.99. The van der Waals surface area contributed by atoms with Crippen LogP contribution >= 0.6 is 0 Å². The average molecular weight is 503 g/mol. The normalized spacial score (nSPS) is 24.0. The molecule has 0 unspecified atom stereocenters. The fourth-order valence-electron chi connectivity index (χ4n) is 4.95. The smallest absolute Gasteiger partial charge is 0.258 e. The van der Waals surface area contributed by atoms with Crippen LogP contribution in [0.4, 0.5) is 5.69 Å². The third-order valence-corrected chi connectivity index (χ3v) is 7.47. The fourth-order valence-corrected chi connectivity index (χ4v) is 4.95. The van der Waals surface area contributed by atoms with E-state index in [-0.39, 0.29) is 36.5 Å². The Morgan fingerprint density at radius 2 is 2.00 bits per heavy atom. The van der Waals surface area contributed by atoms with E-state index in [1.807, 2.05) is 6.92 Å². The molecule has 1 saturated heterocycles. The van der Waals surface area contributed by atoms with Crippen LogP contribution in [-0.2, 0) is 9.53 Å². The molecule has 0 bridgehead atoms. The summed E-state index contributed by atoms with van der Waals surface area (Å²) in [6.45, 7) is 9.94. The molecule has 1 aromatic rings. The minimum atomic E-state index is -0.317. The molecule has 200 valence electrons. The number of anilines is 1. The van der Waals surface area contributed by atoms with Crippen LogP contribution in [0, 0.1) is 11.8 Å². The number of fused-ring (bicyclic) bond motifs is 1. The van der Waals surface area contributed by atoms with E-state index in [1.54, 1.807) is 23.1 Å². The lowest BCUT2D eigenvalue weighted by molar-refractivity contribution is -0.116. The van der Waals surface area contributed by atoms with Gasteiger partial charge in [0.05, 0.1) is 31.4 Å². The van der Waals surface area contributed by atoms with Crippen molar-refractivity contribution in [3.05, 3.63) is 23.8 Å². The third-order valence-electron chi connectivity index (χ3n) is 7.47. The highest BCUT2D eigenvalue weighted by Crippen LogP contribution is 2.32. The molecule has 0 radical (unpaired) electrons. The van der Waals surface area contributed by atoms with E-state index in [0.29, 0.717) is 49.7 Å². The zero-order chi connectivity index (χ0) is 25.7. The van der Waals surface area contributed by atoms with Crippen molar-refractivity contribution in [2.24, 2.45) is 11.8 Å². The molecule has 1 aliphatic carbocycles. The summed E-state index contributed by atoms with van der Waals surface area (Å²) in [5, 5.41) is 12.8. The van der Waals surface area contributed by atoms with Gasteiger partial charge >= 0.3 is 0 Å². The number of aliphatic hydroxyl groups is 1. The summed E-state index contributed by atoms with van der Waals surface area (Å²) in [6.07, 6.45) is 2.88. The Morgan fingerprint density at radius 3 is 2.69 bits per heavy atom. The highest BCUT2D eigenvalue weighted by Gasteiger charge is 2.34. The number of amides is 2. The third kappa shape index (κ3) is 7.18. The Hall–Kier alpha value is -2.20. The van der Waals surface area contributed by atoms with Gasteiger partial charge in [0.25, 0.3) is 5.91 Å². The maximum Gasteiger partial charge on any atom is 0.258 e. The van der Waals surface area contributed by atoms with Crippen LogP contribution in [0.2, 0.25) is 0 Å². The molecule has 9 nitrogen and oxygen atoms in total. The molecule has 1 saturated carbocycles. The molecule has 9 heteroatoms. The van der Waals surface area contributed by atoms with Crippen LogP contribution in [-0.4, -0.2) is 110 Å². The second kappa shape index (κ2) is 12.4. The lowest BCUT2D eigenvalue weighted by Gasteiger charge is -2.38. The van der Waals surface area contributed by atoms with Crippen molar-refractivity contribution >= 4 is 17.5 Å². The van der Waals surface area contributed by atoms with Crippen LogP contribution in [0.1, 0.15) is 43.5 Å². The molecule has 3 atom stereocenters. The van der Waals surface area contributed by atoms with Crippen molar-refractivity contribution in [2.75, 3.05) is 71.5 Å². The van der Waals surface area contributed by atoms with Crippen LogP contribution in [0.5, 0.6) is 5.75 Å². The Balaban J connectivity index is 1.49. The first-order valence-electron chi connectivity index (χ1n) is 13.3. The van der Waals surface area contributed by atoms with Crippen molar-refractivity contribution in [1.29, 1.82) is 0 Å². The number of rotatable bonds is 10. The van der Waals surface area contributed by atoms with Crippen LogP contribution in [0.25, 0.3) is 0 Å². The second-order valence-corrected chi connectivity index (χ2v) is 10.8. The number of carbonyl (C=O) groups is 2. The first-order valence-corrected chi connectivity index (χ1v) is 13.3. The summed E-state index contributed by atoms with van der Waals surface area (Å²) >= 11 is 0. The number of aliphatic hydroxyl groups excluding tert-OH is 1. The molecule has 0 aromatic heterocycles. The predicted molar refractivity (Wildman–Crippen MR) is 138 cm³/mol. The number of hydrogen-bond acceptors (Lipinski definition) is 7. The largest absolute Gasteiger partial charge is 0.488 e. The highest BCUT2D eigenvalue weighted by molar-refractivity contribution is 5.99. The Labute approximate surface area is 214 Å². The first kappa shape index (κ1) is 26.9. The van der Waals surface area contributed by atoms with E-state index in [9.17, 15) is 14.7 Å². The summed E-state index contributed by atoms with van der Waals surface area (Å²) in [5.74, 6) is 1.13. The van der Waals surface area contributed by atoms with Gasteiger partial charge in [0.15, 0.2) is 0 Å².